The third kappa shape index (κ3) is 4.19. The Morgan fingerprint density at radius 2 is 2.00 bits per heavy atom. The van der Waals surface area contributed by atoms with Gasteiger partial charge in [0, 0.05) is 31.2 Å². The Bertz CT molecular complexity index is 468. The van der Waals surface area contributed by atoms with Crippen LogP contribution in [0.15, 0.2) is 24.3 Å². The Kier molecular flexibility index (Phi) is 5.59. The molecule has 0 aromatic heterocycles. The zero-order valence-corrected chi connectivity index (χ0v) is 12.9. The van der Waals surface area contributed by atoms with Crippen LogP contribution in [0, 0.1) is 0 Å². The maximum Gasteiger partial charge on any atom is 0.260 e. The molecule has 1 heterocycles. The second-order valence-corrected chi connectivity index (χ2v) is 5.68. The van der Waals surface area contributed by atoms with Gasteiger partial charge in [0.2, 0.25) is 0 Å². The van der Waals surface area contributed by atoms with Crippen molar-refractivity contribution in [1.29, 1.82) is 0 Å². The Labute approximate surface area is 126 Å². The van der Waals surface area contributed by atoms with Gasteiger partial charge in [-0.25, -0.2) is 0 Å². The van der Waals surface area contributed by atoms with Gasteiger partial charge in [-0.3, -0.25) is 4.79 Å². The fourth-order valence-electron chi connectivity index (χ4n) is 2.68. The number of carbonyl (C=O) groups excluding carboxylic acids is 1. The predicted molar refractivity (Wildman–Crippen MR) is 83.1 cm³/mol. The van der Waals surface area contributed by atoms with Crippen LogP contribution >= 0.6 is 0 Å². The zero-order chi connectivity index (χ0) is 15.2. The lowest BCUT2D eigenvalue weighted by molar-refractivity contribution is -0.134. The Morgan fingerprint density at radius 3 is 2.62 bits per heavy atom. The van der Waals surface area contributed by atoms with E-state index in [1.54, 1.807) is 0 Å². The molecule has 1 saturated heterocycles. The van der Waals surface area contributed by atoms with Gasteiger partial charge in [0.05, 0.1) is 0 Å². The largest absolute Gasteiger partial charge is 0.483 e. The van der Waals surface area contributed by atoms with Gasteiger partial charge in [0.25, 0.3) is 5.91 Å². The van der Waals surface area contributed by atoms with E-state index < -0.39 is 0 Å². The molecule has 21 heavy (non-hydrogen) atoms. The number of hydrogen-bond donors (Lipinski definition) is 1. The van der Waals surface area contributed by atoms with Crippen molar-refractivity contribution in [2.45, 2.75) is 25.4 Å². The number of benzene rings is 1. The van der Waals surface area contributed by atoms with E-state index in [-0.39, 0.29) is 12.5 Å². The maximum absolute atomic E-state index is 12.2. The predicted octanol–water partition coefficient (Wildman–Crippen LogP) is 1.08. The second-order valence-electron chi connectivity index (χ2n) is 5.68. The second kappa shape index (κ2) is 7.43. The number of piperidine rings is 1. The molecular formula is C16H25N3O2. The molecule has 0 aliphatic carbocycles. The first-order valence-electron chi connectivity index (χ1n) is 7.46. The summed E-state index contributed by atoms with van der Waals surface area (Å²) in [6.45, 7) is 2.12. The van der Waals surface area contributed by atoms with Crippen molar-refractivity contribution in [3.63, 3.8) is 0 Å². The average Bonchev–Trinajstić information content (AvgIpc) is 2.52. The topological polar surface area (TPSA) is 58.8 Å². The van der Waals surface area contributed by atoms with E-state index in [0.29, 0.717) is 18.3 Å². The van der Waals surface area contributed by atoms with Crippen LogP contribution in [0.5, 0.6) is 5.75 Å². The highest BCUT2D eigenvalue weighted by molar-refractivity contribution is 5.77. The molecule has 0 radical (unpaired) electrons. The first kappa shape index (κ1) is 15.8. The normalized spacial score (nSPS) is 16.3. The molecule has 5 nitrogen and oxygen atoms in total. The van der Waals surface area contributed by atoms with Crippen molar-refractivity contribution in [3.05, 3.63) is 29.8 Å². The van der Waals surface area contributed by atoms with E-state index in [0.717, 1.165) is 31.5 Å². The number of hydrogen-bond acceptors (Lipinski definition) is 4. The Hall–Kier alpha value is -1.59. The molecule has 2 rings (SSSR count). The van der Waals surface area contributed by atoms with E-state index in [1.165, 1.54) is 0 Å². The first-order chi connectivity index (χ1) is 10.1. The van der Waals surface area contributed by atoms with Crippen LogP contribution in [-0.2, 0) is 11.3 Å². The van der Waals surface area contributed by atoms with Gasteiger partial charge < -0.3 is 20.3 Å². The van der Waals surface area contributed by atoms with Crippen molar-refractivity contribution in [3.8, 4) is 5.75 Å². The highest BCUT2D eigenvalue weighted by Gasteiger charge is 2.24. The molecule has 1 aromatic rings. The molecule has 2 N–H and O–H groups in total. The Balaban J connectivity index is 1.83. The molecule has 1 fully saturated rings. The summed E-state index contributed by atoms with van der Waals surface area (Å²) < 4.78 is 5.64. The highest BCUT2D eigenvalue weighted by Crippen LogP contribution is 2.18. The summed E-state index contributed by atoms with van der Waals surface area (Å²) in [6.07, 6.45) is 2.05. The van der Waals surface area contributed by atoms with Gasteiger partial charge in [-0.15, -0.1) is 0 Å². The molecule has 5 heteroatoms. The van der Waals surface area contributed by atoms with E-state index in [2.05, 4.69) is 19.0 Å². The number of para-hydroxylation sites is 1. The molecule has 0 saturated carbocycles. The summed E-state index contributed by atoms with van der Waals surface area (Å²) in [5.74, 6) is 0.760. The van der Waals surface area contributed by atoms with Crippen LogP contribution in [0.2, 0.25) is 0 Å². The summed E-state index contributed by atoms with van der Waals surface area (Å²) >= 11 is 0. The van der Waals surface area contributed by atoms with Crippen LogP contribution < -0.4 is 10.5 Å². The molecular weight excluding hydrogens is 266 g/mol. The number of nitrogens with two attached hydrogens (primary N) is 1. The zero-order valence-electron chi connectivity index (χ0n) is 12.9. The van der Waals surface area contributed by atoms with Gasteiger partial charge in [-0.1, -0.05) is 18.2 Å². The van der Waals surface area contributed by atoms with Crippen LogP contribution in [0.4, 0.5) is 0 Å². The lowest BCUT2D eigenvalue weighted by Crippen LogP contribution is -2.45. The molecule has 0 spiro atoms. The fraction of sp³-hybridized carbons (Fsp3) is 0.562. The SMILES string of the molecule is CN(C)C1CCN(C(=O)COc2ccccc2CN)CC1. The Morgan fingerprint density at radius 1 is 1.33 bits per heavy atom. The average molecular weight is 291 g/mol. The minimum absolute atomic E-state index is 0.0547. The van der Waals surface area contributed by atoms with Crippen molar-refractivity contribution in [2.75, 3.05) is 33.8 Å². The molecule has 1 aliphatic heterocycles. The summed E-state index contributed by atoms with van der Waals surface area (Å²) in [5.41, 5.74) is 6.59. The summed E-state index contributed by atoms with van der Waals surface area (Å²) in [6, 6.07) is 8.16. The minimum atomic E-state index is 0.0547. The molecule has 1 aromatic carbocycles. The highest BCUT2D eigenvalue weighted by atomic mass is 16.5. The van der Waals surface area contributed by atoms with Crippen LogP contribution in [0.1, 0.15) is 18.4 Å². The first-order valence-corrected chi connectivity index (χ1v) is 7.46. The van der Waals surface area contributed by atoms with E-state index in [9.17, 15) is 4.79 Å². The minimum Gasteiger partial charge on any atom is -0.483 e. The third-order valence-electron chi connectivity index (χ3n) is 4.09. The number of likely N-dealkylation sites (tertiary alicyclic amines) is 1. The number of nitrogens with zero attached hydrogens (tertiary/aromatic N) is 2. The summed E-state index contributed by atoms with van der Waals surface area (Å²) in [7, 11) is 4.18. The fourth-order valence-corrected chi connectivity index (χ4v) is 2.68. The van der Waals surface area contributed by atoms with Crippen LogP contribution in [0.3, 0.4) is 0 Å². The molecule has 1 amide bonds. The number of ether oxygens (including phenoxy) is 1. The van der Waals surface area contributed by atoms with Gasteiger partial charge in [0.15, 0.2) is 6.61 Å². The number of carbonyl (C=O) groups is 1. The lowest BCUT2D eigenvalue weighted by Gasteiger charge is -2.35. The van der Waals surface area contributed by atoms with Crippen LogP contribution in [-0.4, -0.2) is 55.5 Å². The maximum atomic E-state index is 12.2. The third-order valence-corrected chi connectivity index (χ3v) is 4.09. The summed E-state index contributed by atoms with van der Waals surface area (Å²) in [5, 5.41) is 0. The van der Waals surface area contributed by atoms with Crippen LogP contribution in [0.25, 0.3) is 0 Å². The van der Waals surface area contributed by atoms with Gasteiger partial charge >= 0.3 is 0 Å². The smallest absolute Gasteiger partial charge is 0.260 e. The molecule has 116 valence electrons. The number of amides is 1. The number of rotatable bonds is 5. The molecule has 1 aliphatic rings. The van der Waals surface area contributed by atoms with Crippen molar-refractivity contribution < 1.29 is 9.53 Å². The van der Waals surface area contributed by atoms with Crippen molar-refractivity contribution >= 4 is 5.91 Å². The van der Waals surface area contributed by atoms with Gasteiger partial charge in [-0.2, -0.15) is 0 Å². The molecule has 0 atom stereocenters. The van der Waals surface area contributed by atoms with E-state index >= 15 is 0 Å². The quantitative estimate of drug-likeness (QED) is 0.882. The standard InChI is InChI=1S/C16H25N3O2/c1-18(2)14-7-9-19(10-8-14)16(20)12-21-15-6-4-3-5-13(15)11-17/h3-6,14H,7-12,17H2,1-2H3. The van der Waals surface area contributed by atoms with Crippen molar-refractivity contribution in [2.24, 2.45) is 5.73 Å². The molecule has 0 bridgehead atoms. The monoisotopic (exact) mass is 291 g/mol. The van der Waals surface area contributed by atoms with E-state index in [4.69, 9.17) is 10.5 Å². The van der Waals surface area contributed by atoms with Crippen molar-refractivity contribution in [1.82, 2.24) is 9.80 Å². The summed E-state index contributed by atoms with van der Waals surface area (Å²) in [4.78, 5) is 16.3. The van der Waals surface area contributed by atoms with Gasteiger partial charge in [-0.05, 0) is 33.0 Å². The lowest BCUT2D eigenvalue weighted by atomic mass is 10.0. The van der Waals surface area contributed by atoms with Gasteiger partial charge in [0.1, 0.15) is 5.75 Å². The van der Waals surface area contributed by atoms with E-state index in [1.807, 2.05) is 29.2 Å². The molecule has 0 unspecified atom stereocenters.